The van der Waals surface area contributed by atoms with E-state index < -0.39 is 75.0 Å². The first-order valence-electron chi connectivity index (χ1n) is 9.14. The minimum atomic E-state index is -4.19. The smallest absolute Gasteiger partial charge is 0.221 e. The third-order valence-corrected chi connectivity index (χ3v) is 7.58. The monoisotopic (exact) mass is 530 g/mol. The number of carbonyl (C=O) groups is 1. The minimum absolute atomic E-state index is 0.0190. The number of amides is 1. The number of halogens is 4. The molecular formula is C20H14F4N4O5S2. The molecule has 1 aliphatic rings. The zero-order valence-corrected chi connectivity index (χ0v) is 19.4. The number of hydrogen-bond donors (Lipinski definition) is 2. The molecule has 9 nitrogen and oxygen atoms in total. The normalized spacial score (nSPS) is 13.8. The van der Waals surface area contributed by atoms with Crippen LogP contribution in [0.4, 0.5) is 28.9 Å². The molecule has 184 valence electrons. The number of anilines is 2. The molecular weight excluding hydrogens is 516 g/mol. The molecule has 0 saturated carbocycles. The zero-order chi connectivity index (χ0) is 26.7. The van der Waals surface area contributed by atoms with Gasteiger partial charge in [0, 0.05) is 24.8 Å². The predicted octanol–water partition coefficient (Wildman–Crippen LogP) is 3.14. The van der Waals surface area contributed by atoms with Gasteiger partial charge in [0.2, 0.25) is 15.7 Å². The summed E-state index contributed by atoms with van der Waals surface area (Å²) in [5.74, 6) is -6.01. The van der Waals surface area contributed by atoms with Crippen LogP contribution in [0.15, 0.2) is 44.7 Å². The van der Waals surface area contributed by atoms with E-state index in [4.69, 9.17) is 10.5 Å². The van der Waals surface area contributed by atoms with Crippen LogP contribution in [-0.2, 0) is 24.5 Å². The van der Waals surface area contributed by atoms with E-state index in [2.05, 4.69) is 5.32 Å². The highest BCUT2D eigenvalue weighted by Crippen LogP contribution is 2.36. The molecule has 0 fully saturated rings. The summed E-state index contributed by atoms with van der Waals surface area (Å²) in [4.78, 5) is 9.01. The Morgan fingerprint density at radius 2 is 1.63 bits per heavy atom. The molecule has 0 aromatic heterocycles. The summed E-state index contributed by atoms with van der Waals surface area (Å²) in [6.07, 6.45) is 0. The maximum atomic E-state index is 13.4. The van der Waals surface area contributed by atoms with Gasteiger partial charge in [-0.25, -0.2) is 34.4 Å². The lowest BCUT2D eigenvalue weighted by Gasteiger charge is -2.19. The maximum absolute atomic E-state index is 13.4. The van der Waals surface area contributed by atoms with E-state index in [-0.39, 0.29) is 11.4 Å². The van der Waals surface area contributed by atoms with Crippen molar-refractivity contribution in [1.82, 2.24) is 0 Å². The largest absolute Gasteiger partial charge is 0.354 e. The lowest BCUT2D eigenvalue weighted by atomic mass is 10.2. The molecule has 15 heteroatoms. The molecule has 1 aliphatic heterocycles. The average molecular weight is 530 g/mol. The predicted molar refractivity (Wildman–Crippen MR) is 114 cm³/mol. The van der Waals surface area contributed by atoms with E-state index in [1.54, 1.807) is 0 Å². The van der Waals surface area contributed by atoms with Crippen LogP contribution in [-0.4, -0.2) is 28.5 Å². The Bertz CT molecular complexity index is 1560. The third kappa shape index (κ3) is 5.76. The zero-order valence-electron chi connectivity index (χ0n) is 17.8. The van der Waals surface area contributed by atoms with Crippen LogP contribution in [0.25, 0.3) is 0 Å². The van der Waals surface area contributed by atoms with Crippen LogP contribution in [0.5, 0.6) is 0 Å². The fraction of sp³-hybridized carbons (Fsp3) is 0.150. The van der Waals surface area contributed by atoms with Gasteiger partial charge in [0.1, 0.15) is 28.4 Å². The van der Waals surface area contributed by atoms with Gasteiger partial charge in [0.15, 0.2) is 26.4 Å². The molecule has 0 bridgehead atoms. The van der Waals surface area contributed by atoms with Gasteiger partial charge in [-0.05, 0) is 19.1 Å². The summed E-state index contributed by atoms with van der Waals surface area (Å²) in [6.45, 7) is 2.38. The number of nitriles is 2. The third-order valence-electron chi connectivity index (χ3n) is 4.24. The lowest BCUT2D eigenvalue weighted by molar-refractivity contribution is -0.114. The minimum Gasteiger partial charge on any atom is -0.354 e. The van der Waals surface area contributed by atoms with Crippen molar-refractivity contribution in [2.24, 2.45) is 0 Å². The van der Waals surface area contributed by atoms with E-state index in [0.29, 0.717) is 24.3 Å². The number of carbonyl (C=O) groups excluding carboxylic acids is 1. The Morgan fingerprint density at radius 3 is 2.17 bits per heavy atom. The number of nitrogens with one attached hydrogen (secondary N) is 2. The van der Waals surface area contributed by atoms with Gasteiger partial charge >= 0.3 is 0 Å². The number of fused-ring (bicyclic) bond motifs is 1. The molecule has 2 N–H and O–H groups in total. The van der Waals surface area contributed by atoms with Gasteiger partial charge in [-0.3, -0.25) is 4.79 Å². The van der Waals surface area contributed by atoms with Crippen LogP contribution in [0.2, 0.25) is 0 Å². The van der Waals surface area contributed by atoms with Gasteiger partial charge in [-0.2, -0.15) is 10.5 Å². The van der Waals surface area contributed by atoms with E-state index in [1.165, 1.54) is 19.1 Å². The lowest BCUT2D eigenvalue weighted by Crippen LogP contribution is -2.18. The highest BCUT2D eigenvalue weighted by molar-refractivity contribution is 7.95. The Morgan fingerprint density at radius 1 is 1.06 bits per heavy atom. The average Bonchev–Trinajstić information content (AvgIpc) is 2.71. The van der Waals surface area contributed by atoms with Gasteiger partial charge in [-0.1, -0.05) is 0 Å². The van der Waals surface area contributed by atoms with Crippen molar-refractivity contribution in [3.63, 3.8) is 0 Å². The van der Waals surface area contributed by atoms with Crippen LogP contribution in [0.1, 0.15) is 13.8 Å². The molecule has 3 rings (SSSR count). The molecule has 0 radical (unpaired) electrons. The first-order valence-corrected chi connectivity index (χ1v) is 12.3. The second kappa shape index (κ2) is 10.1. The second-order valence-corrected chi connectivity index (χ2v) is 10.6. The summed E-state index contributed by atoms with van der Waals surface area (Å²) >= 11 is 0. The van der Waals surface area contributed by atoms with E-state index >= 15 is 0 Å². The van der Waals surface area contributed by atoms with E-state index in [0.717, 1.165) is 6.92 Å². The van der Waals surface area contributed by atoms with Crippen molar-refractivity contribution in [2.45, 2.75) is 23.6 Å². The molecule has 1 amide bonds. The van der Waals surface area contributed by atoms with E-state index in [9.17, 15) is 39.2 Å². The van der Waals surface area contributed by atoms with Gasteiger partial charge in [0.05, 0.1) is 22.3 Å². The van der Waals surface area contributed by atoms with Crippen LogP contribution in [0, 0.1) is 45.9 Å². The second-order valence-electron chi connectivity index (χ2n) is 6.81. The molecule has 0 unspecified atom stereocenters. The van der Waals surface area contributed by atoms with Gasteiger partial charge in [-0.15, -0.1) is 0 Å². The molecule has 0 atom stereocenters. The number of hydrogen-bond acceptors (Lipinski definition) is 8. The first-order chi connectivity index (χ1) is 16.1. The standard InChI is InChI=1S/C10H8F2N2O3S.C10H6F2N2O2S/c1-6(15)14-10-8(12)4-7(11)5-9(10)18(16,17)3-2-13;1-5-9(4-13)17(15,16)8-3-6(11)2-7(12)10(8)14-5/h4-5H,3H2,1H3,(H,14,15);2-3,14H,1H3. The van der Waals surface area contributed by atoms with Crippen molar-refractivity contribution in [3.05, 3.63) is 58.1 Å². The summed E-state index contributed by atoms with van der Waals surface area (Å²) in [7, 11) is -8.34. The molecule has 35 heavy (non-hydrogen) atoms. The Labute approximate surface area is 197 Å². The summed E-state index contributed by atoms with van der Waals surface area (Å²) < 4.78 is 99.9. The number of nitrogens with zero attached hydrogens (tertiary/aromatic N) is 2. The van der Waals surface area contributed by atoms with Crippen molar-refractivity contribution >= 4 is 37.0 Å². The Hall–Kier alpha value is -3.95. The molecule has 2 aromatic rings. The first kappa shape index (κ1) is 27.3. The number of rotatable bonds is 3. The molecule has 0 saturated heterocycles. The van der Waals surface area contributed by atoms with Gasteiger partial charge in [0.25, 0.3) is 0 Å². The Kier molecular flexibility index (Phi) is 7.90. The number of benzene rings is 2. The molecule has 0 aliphatic carbocycles. The van der Waals surface area contributed by atoms with Gasteiger partial charge < -0.3 is 10.6 Å². The molecule has 0 spiro atoms. The molecule has 1 heterocycles. The highest BCUT2D eigenvalue weighted by Gasteiger charge is 2.33. The maximum Gasteiger partial charge on any atom is 0.221 e. The topological polar surface area (TPSA) is 157 Å². The number of sulfone groups is 2. The SMILES string of the molecule is CC(=O)Nc1c(F)cc(F)cc1S(=O)(=O)CC#N.CC1=C(C#N)S(=O)(=O)c2cc(F)cc(F)c2N1. The summed E-state index contributed by atoms with van der Waals surface area (Å²) in [5.41, 5.74) is -0.965. The quantitative estimate of drug-likeness (QED) is 0.573. The van der Waals surface area contributed by atoms with Crippen LogP contribution >= 0.6 is 0 Å². The van der Waals surface area contributed by atoms with Crippen molar-refractivity contribution < 1.29 is 39.2 Å². The van der Waals surface area contributed by atoms with Crippen molar-refractivity contribution in [2.75, 3.05) is 16.4 Å². The fourth-order valence-electron chi connectivity index (χ4n) is 2.84. The van der Waals surface area contributed by atoms with Crippen LogP contribution < -0.4 is 10.6 Å². The molecule has 2 aromatic carbocycles. The van der Waals surface area contributed by atoms with Crippen molar-refractivity contribution in [3.8, 4) is 12.1 Å². The van der Waals surface area contributed by atoms with Crippen LogP contribution in [0.3, 0.4) is 0 Å². The van der Waals surface area contributed by atoms with Crippen molar-refractivity contribution in [1.29, 1.82) is 10.5 Å². The number of allylic oxidation sites excluding steroid dienone is 2. The van der Waals surface area contributed by atoms with E-state index in [1.807, 2.05) is 5.32 Å². The fourth-order valence-corrected chi connectivity index (χ4v) is 5.39. The highest BCUT2D eigenvalue weighted by atomic mass is 32.2. The summed E-state index contributed by atoms with van der Waals surface area (Å²) in [6, 6.07) is 5.15. The summed E-state index contributed by atoms with van der Waals surface area (Å²) in [5, 5.41) is 21.5. The Balaban J connectivity index is 0.000000247.